The molecule has 0 aliphatic heterocycles. The van der Waals surface area contributed by atoms with Gasteiger partial charge in [-0.3, -0.25) is 10.1 Å². The summed E-state index contributed by atoms with van der Waals surface area (Å²) in [7, 11) is 0. The van der Waals surface area contributed by atoms with Gasteiger partial charge < -0.3 is 4.74 Å². The van der Waals surface area contributed by atoms with Crippen LogP contribution in [0.4, 0.5) is 9.52 Å². The van der Waals surface area contributed by atoms with Crippen LogP contribution in [0, 0.1) is 5.82 Å². The lowest BCUT2D eigenvalue weighted by Crippen LogP contribution is -2.19. The SMILES string of the molecule is O=C(COc1ccc(F)cc1)Nc1ncc(Cc2cccc(Cl)c2)s1. The van der Waals surface area contributed by atoms with E-state index < -0.39 is 0 Å². The third-order valence-corrected chi connectivity index (χ3v) is 4.40. The highest BCUT2D eigenvalue weighted by Crippen LogP contribution is 2.22. The number of nitrogens with zero attached hydrogens (tertiary/aromatic N) is 1. The summed E-state index contributed by atoms with van der Waals surface area (Å²) in [5, 5.41) is 3.88. The molecule has 1 heterocycles. The van der Waals surface area contributed by atoms with Crippen molar-refractivity contribution in [2.45, 2.75) is 6.42 Å². The van der Waals surface area contributed by atoms with Gasteiger partial charge >= 0.3 is 0 Å². The van der Waals surface area contributed by atoms with Crippen molar-refractivity contribution in [2.24, 2.45) is 0 Å². The summed E-state index contributed by atoms with van der Waals surface area (Å²) in [6, 6.07) is 13.1. The van der Waals surface area contributed by atoms with Gasteiger partial charge in [0.2, 0.25) is 0 Å². The molecule has 0 fully saturated rings. The van der Waals surface area contributed by atoms with Crippen LogP contribution in [0.1, 0.15) is 10.4 Å². The number of rotatable bonds is 6. The maximum Gasteiger partial charge on any atom is 0.264 e. The zero-order valence-electron chi connectivity index (χ0n) is 13.0. The minimum Gasteiger partial charge on any atom is -0.484 e. The quantitative estimate of drug-likeness (QED) is 0.687. The third kappa shape index (κ3) is 5.27. The number of aromatic nitrogens is 1. The molecule has 0 saturated heterocycles. The number of carbonyl (C=O) groups excluding carboxylic acids is 1. The number of amides is 1. The lowest BCUT2D eigenvalue weighted by Gasteiger charge is -2.05. The molecule has 3 aromatic rings. The minimum absolute atomic E-state index is 0.172. The molecule has 3 rings (SSSR count). The smallest absolute Gasteiger partial charge is 0.264 e. The first-order chi connectivity index (χ1) is 12.1. The first-order valence-electron chi connectivity index (χ1n) is 7.46. The molecule has 0 saturated carbocycles. The van der Waals surface area contributed by atoms with Crippen LogP contribution in [-0.4, -0.2) is 17.5 Å². The summed E-state index contributed by atoms with van der Waals surface area (Å²) in [4.78, 5) is 17.1. The topological polar surface area (TPSA) is 51.2 Å². The van der Waals surface area contributed by atoms with Gasteiger partial charge in [0.1, 0.15) is 11.6 Å². The maximum absolute atomic E-state index is 12.8. The second kappa shape index (κ2) is 8.09. The van der Waals surface area contributed by atoms with Crippen LogP contribution in [0.15, 0.2) is 54.7 Å². The normalized spacial score (nSPS) is 10.5. The van der Waals surface area contributed by atoms with Gasteiger partial charge in [-0.25, -0.2) is 9.37 Å². The summed E-state index contributed by atoms with van der Waals surface area (Å²) < 4.78 is 18.1. The predicted octanol–water partition coefficient (Wildman–Crippen LogP) is 4.54. The number of hydrogen-bond acceptors (Lipinski definition) is 4. The Bertz CT molecular complexity index is 868. The molecule has 0 spiro atoms. The van der Waals surface area contributed by atoms with Crippen molar-refractivity contribution in [2.75, 3.05) is 11.9 Å². The van der Waals surface area contributed by atoms with E-state index in [1.54, 1.807) is 6.20 Å². The Kier molecular flexibility index (Phi) is 5.63. The van der Waals surface area contributed by atoms with Crippen molar-refractivity contribution in [3.63, 3.8) is 0 Å². The van der Waals surface area contributed by atoms with Crippen molar-refractivity contribution in [1.82, 2.24) is 4.98 Å². The Labute approximate surface area is 153 Å². The molecule has 0 atom stereocenters. The van der Waals surface area contributed by atoms with Gasteiger partial charge in [0.05, 0.1) is 0 Å². The Balaban J connectivity index is 1.52. The molecular weight excluding hydrogens is 363 g/mol. The number of carbonyl (C=O) groups is 1. The average Bonchev–Trinajstić information content (AvgIpc) is 3.01. The van der Waals surface area contributed by atoms with Gasteiger partial charge in [0.15, 0.2) is 11.7 Å². The third-order valence-electron chi connectivity index (χ3n) is 3.25. The second-order valence-corrected chi connectivity index (χ2v) is 6.78. The Hall–Kier alpha value is -2.44. The molecule has 128 valence electrons. The van der Waals surface area contributed by atoms with Gasteiger partial charge in [-0.1, -0.05) is 23.7 Å². The zero-order valence-corrected chi connectivity index (χ0v) is 14.6. The van der Waals surface area contributed by atoms with Gasteiger partial charge in [0.25, 0.3) is 5.91 Å². The van der Waals surface area contributed by atoms with Crippen LogP contribution < -0.4 is 10.1 Å². The van der Waals surface area contributed by atoms with Gasteiger partial charge in [-0.2, -0.15) is 0 Å². The van der Waals surface area contributed by atoms with E-state index in [1.807, 2.05) is 24.3 Å². The van der Waals surface area contributed by atoms with Crippen molar-refractivity contribution >= 4 is 34.0 Å². The van der Waals surface area contributed by atoms with Gasteiger partial charge in [-0.15, -0.1) is 11.3 Å². The molecule has 4 nitrogen and oxygen atoms in total. The highest BCUT2D eigenvalue weighted by atomic mass is 35.5. The number of hydrogen-bond donors (Lipinski definition) is 1. The molecule has 2 aromatic carbocycles. The fourth-order valence-corrected chi connectivity index (χ4v) is 3.21. The summed E-state index contributed by atoms with van der Waals surface area (Å²) in [5.74, 6) is -0.253. The molecule has 25 heavy (non-hydrogen) atoms. The molecular formula is C18H14ClFN2O2S. The Morgan fingerprint density at radius 1 is 1.24 bits per heavy atom. The van der Waals surface area contributed by atoms with E-state index in [1.165, 1.54) is 35.6 Å². The molecule has 7 heteroatoms. The predicted molar refractivity (Wildman–Crippen MR) is 96.9 cm³/mol. The van der Waals surface area contributed by atoms with E-state index in [0.29, 0.717) is 22.3 Å². The first kappa shape index (κ1) is 17.4. The molecule has 0 radical (unpaired) electrons. The average molecular weight is 377 g/mol. The van der Waals surface area contributed by atoms with Crippen LogP contribution >= 0.6 is 22.9 Å². The van der Waals surface area contributed by atoms with Crippen LogP contribution in [0.25, 0.3) is 0 Å². The van der Waals surface area contributed by atoms with E-state index in [9.17, 15) is 9.18 Å². The molecule has 1 N–H and O–H groups in total. The summed E-state index contributed by atoms with van der Waals surface area (Å²) in [6.07, 6.45) is 2.42. The molecule has 1 aromatic heterocycles. The largest absolute Gasteiger partial charge is 0.484 e. The number of ether oxygens (including phenoxy) is 1. The molecule has 0 aliphatic rings. The molecule has 0 aliphatic carbocycles. The zero-order chi connectivity index (χ0) is 17.6. The minimum atomic E-state index is -0.355. The molecule has 0 unspecified atom stereocenters. The highest BCUT2D eigenvalue weighted by molar-refractivity contribution is 7.15. The van der Waals surface area contributed by atoms with E-state index in [4.69, 9.17) is 16.3 Å². The second-order valence-electron chi connectivity index (χ2n) is 5.23. The van der Waals surface area contributed by atoms with Crippen molar-refractivity contribution in [1.29, 1.82) is 0 Å². The summed E-state index contributed by atoms with van der Waals surface area (Å²) >= 11 is 7.37. The van der Waals surface area contributed by atoms with Crippen LogP contribution in [0.5, 0.6) is 5.75 Å². The fourth-order valence-electron chi connectivity index (χ4n) is 2.13. The lowest BCUT2D eigenvalue weighted by atomic mass is 10.1. The van der Waals surface area contributed by atoms with E-state index in [-0.39, 0.29) is 18.3 Å². The number of nitrogens with one attached hydrogen (secondary N) is 1. The number of anilines is 1. The van der Waals surface area contributed by atoms with Gasteiger partial charge in [0, 0.05) is 22.5 Å². The monoisotopic (exact) mass is 376 g/mol. The van der Waals surface area contributed by atoms with Crippen LogP contribution in [0.2, 0.25) is 5.02 Å². The van der Waals surface area contributed by atoms with Crippen molar-refractivity contribution in [3.8, 4) is 5.75 Å². The van der Waals surface area contributed by atoms with Crippen molar-refractivity contribution in [3.05, 3.63) is 76.0 Å². The van der Waals surface area contributed by atoms with Crippen LogP contribution in [-0.2, 0) is 11.2 Å². The Morgan fingerprint density at radius 2 is 2.04 bits per heavy atom. The Morgan fingerprint density at radius 3 is 2.80 bits per heavy atom. The number of benzene rings is 2. The van der Waals surface area contributed by atoms with E-state index in [2.05, 4.69) is 10.3 Å². The first-order valence-corrected chi connectivity index (χ1v) is 8.65. The van der Waals surface area contributed by atoms with Crippen molar-refractivity contribution < 1.29 is 13.9 Å². The highest BCUT2D eigenvalue weighted by Gasteiger charge is 2.08. The molecule has 0 bridgehead atoms. The maximum atomic E-state index is 12.8. The lowest BCUT2D eigenvalue weighted by molar-refractivity contribution is -0.118. The number of thiazole rings is 1. The number of halogens is 2. The van der Waals surface area contributed by atoms with Gasteiger partial charge in [-0.05, 0) is 42.0 Å². The molecule has 1 amide bonds. The summed E-state index contributed by atoms with van der Waals surface area (Å²) in [6.45, 7) is -0.172. The fraction of sp³-hybridized carbons (Fsp3) is 0.111. The summed E-state index contributed by atoms with van der Waals surface area (Å²) in [5.41, 5.74) is 1.08. The van der Waals surface area contributed by atoms with E-state index >= 15 is 0 Å². The standard InChI is InChI=1S/C18H14ClFN2O2S/c19-13-3-1-2-12(8-13)9-16-10-21-18(25-16)22-17(23)11-24-15-6-4-14(20)5-7-15/h1-8,10H,9,11H2,(H,21,22,23). The van der Waals surface area contributed by atoms with E-state index in [0.717, 1.165) is 10.4 Å². The van der Waals surface area contributed by atoms with Crippen LogP contribution in [0.3, 0.4) is 0 Å².